The van der Waals surface area contributed by atoms with Crippen molar-refractivity contribution in [3.63, 3.8) is 0 Å². The predicted octanol–water partition coefficient (Wildman–Crippen LogP) is -0.114. The molecular formula is C8H8O8S2. The van der Waals surface area contributed by atoms with Gasteiger partial charge in [-0.25, -0.2) is 0 Å². The Kier molecular flexibility index (Phi) is 2.97. The van der Waals surface area contributed by atoms with Crippen LogP contribution in [0.15, 0.2) is 24.3 Å². The molecule has 18 heavy (non-hydrogen) atoms. The Labute approximate surface area is 103 Å². The van der Waals surface area contributed by atoms with Crippen molar-refractivity contribution in [1.29, 1.82) is 0 Å². The van der Waals surface area contributed by atoms with E-state index < -0.39 is 31.1 Å². The summed E-state index contributed by atoms with van der Waals surface area (Å²) in [5.41, 5.74) is -4.50. The number of benzene rings is 1. The van der Waals surface area contributed by atoms with Crippen molar-refractivity contribution < 1.29 is 35.4 Å². The Balaban J connectivity index is 2.54. The molecule has 2 N–H and O–H groups in total. The fourth-order valence-electron chi connectivity index (χ4n) is 1.41. The van der Waals surface area contributed by atoms with Crippen LogP contribution < -0.4 is 9.47 Å². The summed E-state index contributed by atoms with van der Waals surface area (Å²) < 4.78 is 71.6. The average molecular weight is 296 g/mol. The highest BCUT2D eigenvalue weighted by Gasteiger charge is 2.47. The quantitative estimate of drug-likeness (QED) is 0.723. The van der Waals surface area contributed by atoms with E-state index in [9.17, 15) is 16.8 Å². The van der Waals surface area contributed by atoms with E-state index in [1.54, 1.807) is 0 Å². The second-order valence-corrected chi connectivity index (χ2v) is 6.44. The van der Waals surface area contributed by atoms with E-state index >= 15 is 0 Å². The van der Waals surface area contributed by atoms with Crippen LogP contribution in [0.4, 0.5) is 0 Å². The Morgan fingerprint density at radius 1 is 0.833 bits per heavy atom. The maximum atomic E-state index is 11.0. The molecule has 2 rings (SSSR count). The number of hydrogen-bond acceptors (Lipinski definition) is 6. The second kappa shape index (κ2) is 4.09. The van der Waals surface area contributed by atoms with Crippen LogP contribution in [0.5, 0.6) is 11.5 Å². The molecule has 1 aliphatic heterocycles. The monoisotopic (exact) mass is 296 g/mol. The van der Waals surface area contributed by atoms with E-state index in [1.807, 2.05) is 0 Å². The van der Waals surface area contributed by atoms with Crippen LogP contribution in [0.1, 0.15) is 0 Å². The van der Waals surface area contributed by atoms with Gasteiger partial charge in [0.15, 0.2) is 11.5 Å². The number of ether oxygens (including phenoxy) is 2. The Morgan fingerprint density at radius 2 is 1.17 bits per heavy atom. The van der Waals surface area contributed by atoms with Crippen molar-refractivity contribution >= 4 is 20.2 Å². The van der Waals surface area contributed by atoms with Gasteiger partial charge in [0.2, 0.25) is 0 Å². The van der Waals surface area contributed by atoms with Gasteiger partial charge >= 0.3 is 20.2 Å². The van der Waals surface area contributed by atoms with Crippen LogP contribution in [0.3, 0.4) is 0 Å². The molecule has 1 aromatic carbocycles. The lowest BCUT2D eigenvalue weighted by Crippen LogP contribution is -2.49. The van der Waals surface area contributed by atoms with Crippen LogP contribution in [-0.4, -0.2) is 36.8 Å². The molecule has 8 nitrogen and oxygen atoms in total. The number of rotatable bonds is 2. The van der Waals surface area contributed by atoms with Gasteiger partial charge in [-0.3, -0.25) is 9.11 Å². The van der Waals surface area contributed by atoms with E-state index in [2.05, 4.69) is 0 Å². The standard InChI is InChI=1S/C8H8O8S2/c9-17(10,11)7-8(18(12,13)14)16-6-4-2-1-3-5(6)15-7/h1-4,7-8H,(H,9,10,11)(H,12,13,14). The zero-order valence-corrected chi connectivity index (χ0v) is 10.3. The zero-order chi connectivity index (χ0) is 13.6. The normalized spacial score (nSPS) is 23.7. The van der Waals surface area contributed by atoms with Gasteiger partial charge < -0.3 is 9.47 Å². The lowest BCUT2D eigenvalue weighted by atomic mass is 10.3. The fraction of sp³-hybridized carbons (Fsp3) is 0.250. The number of para-hydroxylation sites is 2. The minimum Gasteiger partial charge on any atom is -0.463 e. The minimum absolute atomic E-state index is 0.0555. The summed E-state index contributed by atoms with van der Waals surface area (Å²) in [7, 11) is -9.77. The van der Waals surface area contributed by atoms with Gasteiger partial charge in [0.25, 0.3) is 10.9 Å². The molecule has 1 aromatic rings. The Morgan fingerprint density at radius 3 is 1.44 bits per heavy atom. The molecule has 0 saturated carbocycles. The third kappa shape index (κ3) is 2.41. The maximum absolute atomic E-state index is 11.0. The molecule has 2 atom stereocenters. The topological polar surface area (TPSA) is 127 Å². The van der Waals surface area contributed by atoms with Crippen LogP contribution >= 0.6 is 0 Å². The van der Waals surface area contributed by atoms with Crippen LogP contribution in [0.25, 0.3) is 0 Å². The molecule has 0 aromatic heterocycles. The smallest absolute Gasteiger partial charge is 0.308 e. The largest absolute Gasteiger partial charge is 0.463 e. The first-order valence-electron chi connectivity index (χ1n) is 4.54. The molecule has 0 amide bonds. The molecule has 100 valence electrons. The highest BCUT2D eigenvalue weighted by molar-refractivity contribution is 7.90. The van der Waals surface area contributed by atoms with Gasteiger partial charge in [0.05, 0.1) is 0 Å². The van der Waals surface area contributed by atoms with Crippen molar-refractivity contribution in [2.24, 2.45) is 0 Å². The first kappa shape index (κ1) is 13.1. The average Bonchev–Trinajstić information content (AvgIpc) is 2.25. The van der Waals surface area contributed by atoms with Crippen molar-refractivity contribution in [2.75, 3.05) is 0 Å². The van der Waals surface area contributed by atoms with Crippen molar-refractivity contribution in [1.82, 2.24) is 0 Å². The van der Waals surface area contributed by atoms with E-state index in [0.717, 1.165) is 0 Å². The first-order chi connectivity index (χ1) is 8.19. The van der Waals surface area contributed by atoms with Gasteiger partial charge in [-0.15, -0.1) is 0 Å². The molecule has 0 saturated heterocycles. The molecule has 2 unspecified atom stereocenters. The molecule has 0 aliphatic carbocycles. The van der Waals surface area contributed by atoms with Crippen molar-refractivity contribution in [2.45, 2.75) is 10.9 Å². The van der Waals surface area contributed by atoms with E-state index in [0.29, 0.717) is 0 Å². The minimum atomic E-state index is -4.89. The highest BCUT2D eigenvalue weighted by atomic mass is 32.2. The summed E-state index contributed by atoms with van der Waals surface area (Å²) in [4.78, 5) is 0. The zero-order valence-electron chi connectivity index (χ0n) is 8.62. The lowest BCUT2D eigenvalue weighted by Gasteiger charge is -2.29. The summed E-state index contributed by atoms with van der Waals surface area (Å²) >= 11 is 0. The van der Waals surface area contributed by atoms with Gasteiger partial charge in [0, 0.05) is 0 Å². The third-order valence-electron chi connectivity index (χ3n) is 2.14. The van der Waals surface area contributed by atoms with Crippen LogP contribution in [0.2, 0.25) is 0 Å². The molecule has 0 spiro atoms. The fourth-order valence-corrected chi connectivity index (χ4v) is 3.37. The third-order valence-corrected chi connectivity index (χ3v) is 4.18. The van der Waals surface area contributed by atoms with Crippen molar-refractivity contribution in [3.8, 4) is 11.5 Å². The summed E-state index contributed by atoms with van der Waals surface area (Å²) in [6.45, 7) is 0. The van der Waals surface area contributed by atoms with Gasteiger partial charge in [0.1, 0.15) is 0 Å². The lowest BCUT2D eigenvalue weighted by molar-refractivity contribution is 0.101. The molecule has 1 heterocycles. The van der Waals surface area contributed by atoms with E-state index in [4.69, 9.17) is 18.6 Å². The maximum Gasteiger partial charge on any atom is 0.308 e. The highest BCUT2D eigenvalue weighted by Crippen LogP contribution is 2.36. The first-order valence-corrected chi connectivity index (χ1v) is 7.55. The Bertz CT molecular complexity index is 603. The Hall–Kier alpha value is -1.36. The molecule has 0 bridgehead atoms. The molecule has 0 fully saturated rings. The van der Waals surface area contributed by atoms with E-state index in [1.165, 1.54) is 24.3 Å². The summed E-state index contributed by atoms with van der Waals surface area (Å²) in [6.07, 6.45) is 0. The molecular weight excluding hydrogens is 288 g/mol. The van der Waals surface area contributed by atoms with E-state index in [-0.39, 0.29) is 11.5 Å². The predicted molar refractivity (Wildman–Crippen MR) is 58.4 cm³/mol. The van der Waals surface area contributed by atoms with Gasteiger partial charge in [-0.05, 0) is 12.1 Å². The van der Waals surface area contributed by atoms with Gasteiger partial charge in [-0.1, -0.05) is 12.1 Å². The number of hydrogen-bond donors (Lipinski definition) is 2. The van der Waals surface area contributed by atoms with Gasteiger partial charge in [-0.2, -0.15) is 16.8 Å². The van der Waals surface area contributed by atoms with Crippen LogP contribution in [0, 0.1) is 0 Å². The number of fused-ring (bicyclic) bond motifs is 1. The SMILES string of the molecule is O=S(=O)(O)C1Oc2ccccc2OC1S(=O)(=O)O. The van der Waals surface area contributed by atoms with Crippen molar-refractivity contribution in [3.05, 3.63) is 24.3 Å². The summed E-state index contributed by atoms with van der Waals surface area (Å²) in [6, 6.07) is 5.65. The molecule has 1 aliphatic rings. The molecule has 0 radical (unpaired) electrons. The summed E-state index contributed by atoms with van der Waals surface area (Å²) in [5, 5.41) is 0. The van der Waals surface area contributed by atoms with Crippen LogP contribution in [-0.2, 0) is 20.2 Å². The second-order valence-electron chi connectivity index (χ2n) is 3.45. The summed E-state index contributed by atoms with van der Waals surface area (Å²) in [5.74, 6) is -0.111. The molecule has 10 heteroatoms.